The van der Waals surface area contributed by atoms with E-state index < -0.39 is 23.6 Å². The normalized spacial score (nSPS) is 27.1. The topological polar surface area (TPSA) is 73.0 Å². The number of nitrogens with one attached hydrogen (secondary N) is 1. The molecule has 5 rings (SSSR count). The van der Waals surface area contributed by atoms with E-state index in [1.54, 1.807) is 0 Å². The van der Waals surface area contributed by atoms with Gasteiger partial charge >= 0.3 is 0 Å². The maximum atomic E-state index is 14.9. The molecule has 3 amide bonds. The fourth-order valence-electron chi connectivity index (χ4n) is 7.08. The first kappa shape index (κ1) is 29.9. The van der Waals surface area contributed by atoms with Gasteiger partial charge in [-0.2, -0.15) is 0 Å². The number of carbonyl (C=O) groups is 3. The van der Waals surface area contributed by atoms with Gasteiger partial charge in [0.1, 0.15) is 17.7 Å². The van der Waals surface area contributed by atoms with Crippen LogP contribution >= 0.6 is 0 Å². The maximum Gasteiger partial charge on any atom is 0.245 e. The third-order valence-corrected chi connectivity index (χ3v) is 9.80. The number of piperazine rings is 1. The molecule has 2 saturated carbocycles. The monoisotopic (exact) mass is 572 g/mol. The third kappa shape index (κ3) is 6.60. The molecule has 2 heterocycles. The molecule has 0 radical (unpaired) electrons. The number of hydrogen-bond acceptors (Lipinski definition) is 4. The summed E-state index contributed by atoms with van der Waals surface area (Å²) in [5, 5.41) is 3.11. The van der Waals surface area contributed by atoms with Crippen LogP contribution in [-0.2, 0) is 14.4 Å². The largest absolute Gasteiger partial charge is 0.344 e. The van der Waals surface area contributed by atoms with E-state index in [1.165, 1.54) is 18.6 Å². The molecule has 4 atom stereocenters. The number of halogens is 2. The highest BCUT2D eigenvalue weighted by atomic mass is 19.1. The zero-order chi connectivity index (χ0) is 29.5. The zero-order valence-corrected chi connectivity index (χ0v) is 25.0. The van der Waals surface area contributed by atoms with Crippen molar-refractivity contribution in [3.8, 4) is 0 Å². The van der Waals surface area contributed by atoms with Gasteiger partial charge in [0, 0.05) is 62.2 Å². The summed E-state index contributed by atoms with van der Waals surface area (Å²) < 4.78 is 28.6. The van der Waals surface area contributed by atoms with Crippen LogP contribution in [-0.4, -0.2) is 82.8 Å². The number of nitrogens with zero attached hydrogens (tertiary/aromatic N) is 3. The SMILES string of the molecule is C[C@H]1CN(C(=O)[C@@H](NC(=O)C2CC2)C2CCCCC2)CCN1C(=O)[C@@H]1CN(C(C)(C)C)C[C@H]1c1ccc(F)cc1F. The lowest BCUT2D eigenvalue weighted by Gasteiger charge is -2.43. The van der Waals surface area contributed by atoms with Crippen molar-refractivity contribution in [3.05, 3.63) is 35.4 Å². The Morgan fingerprint density at radius 2 is 1.66 bits per heavy atom. The molecule has 4 fully saturated rings. The van der Waals surface area contributed by atoms with Gasteiger partial charge < -0.3 is 15.1 Å². The van der Waals surface area contributed by atoms with Crippen LogP contribution in [0.3, 0.4) is 0 Å². The van der Waals surface area contributed by atoms with Crippen LogP contribution in [0.25, 0.3) is 0 Å². The first-order valence-electron chi connectivity index (χ1n) is 15.5. The van der Waals surface area contributed by atoms with Crippen LogP contribution in [0.2, 0.25) is 0 Å². The Kier molecular flexibility index (Phi) is 8.74. The van der Waals surface area contributed by atoms with E-state index in [1.807, 2.05) is 16.7 Å². The molecule has 2 saturated heterocycles. The number of benzene rings is 1. The summed E-state index contributed by atoms with van der Waals surface area (Å²) in [7, 11) is 0. The van der Waals surface area contributed by atoms with Crippen LogP contribution in [0.1, 0.15) is 84.1 Å². The van der Waals surface area contributed by atoms with Crippen molar-refractivity contribution in [1.29, 1.82) is 0 Å². The number of carbonyl (C=O) groups excluding carboxylic acids is 3. The van der Waals surface area contributed by atoms with Crippen LogP contribution in [0.5, 0.6) is 0 Å². The molecule has 1 N–H and O–H groups in total. The molecule has 7 nitrogen and oxygen atoms in total. The van der Waals surface area contributed by atoms with Gasteiger partial charge in [0.2, 0.25) is 17.7 Å². The van der Waals surface area contributed by atoms with Crippen LogP contribution in [0.15, 0.2) is 18.2 Å². The predicted molar refractivity (Wildman–Crippen MR) is 153 cm³/mol. The van der Waals surface area contributed by atoms with Gasteiger partial charge in [-0.05, 0) is 70.9 Å². The Balaban J connectivity index is 1.30. The molecule has 2 aliphatic heterocycles. The third-order valence-electron chi connectivity index (χ3n) is 9.80. The van der Waals surface area contributed by atoms with Gasteiger partial charge in [0.25, 0.3) is 0 Å². The van der Waals surface area contributed by atoms with Crippen LogP contribution < -0.4 is 5.32 Å². The molecule has 2 aliphatic carbocycles. The van der Waals surface area contributed by atoms with E-state index in [2.05, 4.69) is 31.0 Å². The van der Waals surface area contributed by atoms with Gasteiger partial charge in [-0.25, -0.2) is 8.78 Å². The van der Waals surface area contributed by atoms with Crippen molar-refractivity contribution in [3.63, 3.8) is 0 Å². The summed E-state index contributed by atoms with van der Waals surface area (Å²) in [5.74, 6) is -1.98. The lowest BCUT2D eigenvalue weighted by molar-refractivity contribution is -0.147. The van der Waals surface area contributed by atoms with Gasteiger partial charge in [0.15, 0.2) is 0 Å². The average molecular weight is 573 g/mol. The summed E-state index contributed by atoms with van der Waals surface area (Å²) in [5.41, 5.74) is 0.166. The summed E-state index contributed by atoms with van der Waals surface area (Å²) in [6, 6.07) is 2.92. The highest BCUT2D eigenvalue weighted by molar-refractivity contribution is 5.90. The number of hydrogen-bond donors (Lipinski definition) is 1. The molecule has 0 spiro atoms. The summed E-state index contributed by atoms with van der Waals surface area (Å²) >= 11 is 0. The van der Waals surface area contributed by atoms with Crippen molar-refractivity contribution in [2.75, 3.05) is 32.7 Å². The summed E-state index contributed by atoms with van der Waals surface area (Å²) in [6.07, 6.45) is 7.01. The molecule has 1 aromatic rings. The Morgan fingerprint density at radius 3 is 2.27 bits per heavy atom. The Morgan fingerprint density at radius 1 is 0.951 bits per heavy atom. The zero-order valence-electron chi connectivity index (χ0n) is 25.0. The highest BCUT2D eigenvalue weighted by Crippen LogP contribution is 2.39. The average Bonchev–Trinajstić information content (AvgIpc) is 3.69. The Bertz CT molecular complexity index is 1140. The van der Waals surface area contributed by atoms with E-state index >= 15 is 0 Å². The summed E-state index contributed by atoms with van der Waals surface area (Å²) in [6.45, 7) is 10.4. The smallest absolute Gasteiger partial charge is 0.245 e. The minimum atomic E-state index is -0.630. The van der Waals surface area contributed by atoms with Crippen molar-refractivity contribution in [2.45, 2.75) is 96.2 Å². The molecule has 0 bridgehead atoms. The first-order valence-corrected chi connectivity index (χ1v) is 15.5. The molecule has 41 heavy (non-hydrogen) atoms. The van der Waals surface area contributed by atoms with Crippen LogP contribution in [0.4, 0.5) is 8.78 Å². The molecule has 1 aromatic carbocycles. The standard InChI is InChI=1S/C32H46F2N4O3/c1-20-17-36(31(41)28(21-8-6-5-7-9-21)35-29(39)22-10-11-22)14-15-38(20)30(40)26-19-37(32(2,3)4)18-25(26)24-13-12-23(33)16-27(24)34/h12-13,16,20-22,25-26,28H,5-11,14-15,17-19H2,1-4H3,(H,35,39)/t20-,25-,26+,28-/m0/s1. The number of amides is 3. The molecule has 0 unspecified atom stereocenters. The van der Waals surface area contributed by atoms with Crippen molar-refractivity contribution in [1.82, 2.24) is 20.0 Å². The lowest BCUT2D eigenvalue weighted by Crippen LogP contribution is -2.61. The van der Waals surface area contributed by atoms with E-state index in [0.29, 0.717) is 38.3 Å². The summed E-state index contributed by atoms with van der Waals surface area (Å²) in [4.78, 5) is 46.5. The van der Waals surface area contributed by atoms with Gasteiger partial charge in [-0.3, -0.25) is 19.3 Å². The van der Waals surface area contributed by atoms with Gasteiger partial charge in [0.05, 0.1) is 5.92 Å². The van der Waals surface area contributed by atoms with Crippen LogP contribution in [0, 0.1) is 29.4 Å². The highest BCUT2D eigenvalue weighted by Gasteiger charge is 2.46. The fourth-order valence-corrected chi connectivity index (χ4v) is 7.08. The van der Waals surface area contributed by atoms with Crippen molar-refractivity contribution >= 4 is 17.7 Å². The number of likely N-dealkylation sites (tertiary alicyclic amines) is 1. The first-order chi connectivity index (χ1) is 19.4. The van der Waals surface area contributed by atoms with E-state index in [4.69, 9.17) is 0 Å². The fraction of sp³-hybridized carbons (Fsp3) is 0.719. The van der Waals surface area contributed by atoms with E-state index in [-0.39, 0.29) is 47.1 Å². The minimum Gasteiger partial charge on any atom is -0.344 e. The minimum absolute atomic E-state index is 0.000473. The van der Waals surface area contributed by atoms with Gasteiger partial charge in [-0.15, -0.1) is 0 Å². The van der Waals surface area contributed by atoms with E-state index in [9.17, 15) is 23.2 Å². The molecule has 4 aliphatic rings. The van der Waals surface area contributed by atoms with E-state index in [0.717, 1.165) is 44.6 Å². The maximum absolute atomic E-state index is 14.9. The van der Waals surface area contributed by atoms with Crippen molar-refractivity contribution in [2.24, 2.45) is 17.8 Å². The molecule has 0 aromatic heterocycles. The molecule has 9 heteroatoms. The predicted octanol–water partition coefficient (Wildman–Crippen LogP) is 4.31. The molecular formula is C32H46F2N4O3. The molecule has 226 valence electrons. The second-order valence-corrected chi connectivity index (χ2v) is 13.8. The number of rotatable bonds is 6. The van der Waals surface area contributed by atoms with Gasteiger partial charge in [-0.1, -0.05) is 25.3 Å². The lowest BCUT2D eigenvalue weighted by atomic mass is 9.83. The second kappa shape index (κ2) is 12.0. The molecular weight excluding hydrogens is 526 g/mol. The Labute approximate surface area is 243 Å². The second-order valence-electron chi connectivity index (χ2n) is 13.8. The quantitative estimate of drug-likeness (QED) is 0.552. The Hall–Kier alpha value is -2.55. The van der Waals surface area contributed by atoms with Crippen molar-refractivity contribution < 1.29 is 23.2 Å².